The molecule has 3 nitrogen and oxygen atoms in total. The van der Waals surface area contributed by atoms with Gasteiger partial charge in [0.15, 0.2) is 0 Å². The van der Waals surface area contributed by atoms with Gasteiger partial charge in [0.1, 0.15) is 12.4 Å². The highest BCUT2D eigenvalue weighted by Gasteiger charge is 2.29. The lowest BCUT2D eigenvalue weighted by Gasteiger charge is -2.24. The first-order chi connectivity index (χ1) is 12.4. The lowest BCUT2D eigenvalue weighted by Crippen LogP contribution is -2.25. The van der Waals surface area contributed by atoms with Crippen LogP contribution in [0.1, 0.15) is 24.1 Å². The van der Waals surface area contributed by atoms with E-state index in [2.05, 4.69) is 52.3 Å². The summed E-state index contributed by atoms with van der Waals surface area (Å²) in [5.41, 5.74) is 3.53. The van der Waals surface area contributed by atoms with Crippen LogP contribution in [0.2, 0.25) is 0 Å². The molecule has 0 spiro atoms. The molecule has 0 amide bonds. The van der Waals surface area contributed by atoms with Gasteiger partial charge in [-0.25, -0.2) is 0 Å². The van der Waals surface area contributed by atoms with Crippen molar-refractivity contribution in [2.75, 3.05) is 4.90 Å². The summed E-state index contributed by atoms with van der Waals surface area (Å²) in [5, 5.41) is 0. The third-order valence-corrected chi connectivity index (χ3v) is 4.46. The lowest BCUT2D eigenvalue weighted by atomic mass is 10.2. The van der Waals surface area contributed by atoms with E-state index in [0.717, 1.165) is 18.0 Å². The second-order valence-electron chi connectivity index (χ2n) is 6.45. The summed E-state index contributed by atoms with van der Waals surface area (Å²) < 4.78 is 5.89. The molecule has 3 heteroatoms. The molecule has 1 fully saturated rings. The number of aromatic nitrogens is 1. The second-order valence-corrected chi connectivity index (χ2v) is 6.45. The van der Waals surface area contributed by atoms with Gasteiger partial charge < -0.3 is 9.64 Å². The van der Waals surface area contributed by atoms with Crippen LogP contribution in [0, 0.1) is 0 Å². The first-order valence-corrected chi connectivity index (χ1v) is 8.82. The predicted molar refractivity (Wildman–Crippen MR) is 101 cm³/mol. The van der Waals surface area contributed by atoms with E-state index in [1.165, 1.54) is 24.1 Å². The molecule has 2 aromatic carbocycles. The third-order valence-electron chi connectivity index (χ3n) is 4.46. The summed E-state index contributed by atoms with van der Waals surface area (Å²) in [6, 6.07) is 25.4. The maximum absolute atomic E-state index is 5.89. The first kappa shape index (κ1) is 15.7. The molecule has 1 saturated carbocycles. The van der Waals surface area contributed by atoms with Crippen LogP contribution in [-0.2, 0) is 13.2 Å². The predicted octanol–water partition coefficient (Wildman–Crippen LogP) is 4.83. The van der Waals surface area contributed by atoms with Crippen LogP contribution in [0.15, 0.2) is 79.0 Å². The van der Waals surface area contributed by atoms with Crippen LogP contribution in [0.4, 0.5) is 5.69 Å². The van der Waals surface area contributed by atoms with Crippen molar-refractivity contribution in [2.45, 2.75) is 32.0 Å². The highest BCUT2D eigenvalue weighted by molar-refractivity contribution is 5.51. The van der Waals surface area contributed by atoms with Crippen LogP contribution >= 0.6 is 0 Å². The summed E-state index contributed by atoms with van der Waals surface area (Å²) in [6.45, 7) is 1.45. The zero-order chi connectivity index (χ0) is 16.9. The Kier molecular flexibility index (Phi) is 4.64. The lowest BCUT2D eigenvalue weighted by molar-refractivity contribution is 0.306. The largest absolute Gasteiger partial charge is 0.489 e. The Morgan fingerprint density at radius 1 is 0.880 bits per heavy atom. The Balaban J connectivity index is 1.42. The zero-order valence-corrected chi connectivity index (χ0v) is 14.2. The Hall–Kier alpha value is -2.81. The van der Waals surface area contributed by atoms with Crippen molar-refractivity contribution in [2.24, 2.45) is 0 Å². The van der Waals surface area contributed by atoms with Crippen LogP contribution in [0.25, 0.3) is 0 Å². The van der Waals surface area contributed by atoms with Gasteiger partial charge in [-0.1, -0.05) is 36.4 Å². The topological polar surface area (TPSA) is 25.4 Å². The summed E-state index contributed by atoms with van der Waals surface area (Å²) in [7, 11) is 0. The maximum atomic E-state index is 5.89. The molecule has 1 aliphatic carbocycles. The fourth-order valence-electron chi connectivity index (χ4n) is 2.96. The highest BCUT2D eigenvalue weighted by Crippen LogP contribution is 2.33. The van der Waals surface area contributed by atoms with Crippen molar-refractivity contribution >= 4 is 5.69 Å². The van der Waals surface area contributed by atoms with Crippen molar-refractivity contribution in [3.63, 3.8) is 0 Å². The minimum atomic E-state index is 0.598. The van der Waals surface area contributed by atoms with E-state index in [-0.39, 0.29) is 0 Å². The number of ether oxygens (including phenoxy) is 1. The van der Waals surface area contributed by atoms with Crippen molar-refractivity contribution in [1.82, 2.24) is 4.98 Å². The maximum Gasteiger partial charge on any atom is 0.119 e. The van der Waals surface area contributed by atoms with Crippen molar-refractivity contribution in [3.8, 4) is 5.75 Å². The standard InChI is InChI=1S/C22H22N2O/c1-2-6-18(7-3-1)17-25-22-13-11-21(12-14-22)24(20-9-10-20)16-19-8-4-5-15-23-19/h1-8,11-15,20H,9-10,16-17H2. The monoisotopic (exact) mass is 330 g/mol. The number of nitrogens with zero attached hydrogens (tertiary/aromatic N) is 2. The first-order valence-electron chi connectivity index (χ1n) is 8.82. The highest BCUT2D eigenvalue weighted by atomic mass is 16.5. The Bertz CT molecular complexity index is 783. The van der Waals surface area contributed by atoms with Gasteiger partial charge >= 0.3 is 0 Å². The van der Waals surface area contributed by atoms with Gasteiger partial charge in [0.05, 0.1) is 12.2 Å². The average molecular weight is 330 g/mol. The SMILES string of the molecule is c1ccc(COc2ccc(N(Cc3ccccn3)C3CC3)cc2)cc1. The molecule has 0 saturated heterocycles. The summed E-state index contributed by atoms with van der Waals surface area (Å²) >= 11 is 0. The molecule has 0 atom stereocenters. The van der Waals surface area contributed by atoms with Crippen molar-refractivity contribution in [1.29, 1.82) is 0 Å². The van der Waals surface area contributed by atoms with Gasteiger partial charge in [-0.15, -0.1) is 0 Å². The molecule has 0 unspecified atom stereocenters. The molecule has 1 aromatic heterocycles. The Labute approximate surface area is 148 Å². The molecule has 1 aliphatic rings. The number of hydrogen-bond donors (Lipinski definition) is 0. The quantitative estimate of drug-likeness (QED) is 0.620. The normalized spacial score (nSPS) is 13.4. The fourth-order valence-corrected chi connectivity index (χ4v) is 2.96. The van der Waals surface area contributed by atoms with Gasteiger partial charge in [-0.2, -0.15) is 0 Å². The Morgan fingerprint density at radius 3 is 2.32 bits per heavy atom. The molecule has 0 aliphatic heterocycles. The number of pyridine rings is 1. The van der Waals surface area contributed by atoms with Gasteiger partial charge in [0, 0.05) is 17.9 Å². The van der Waals surface area contributed by atoms with Crippen LogP contribution in [-0.4, -0.2) is 11.0 Å². The minimum absolute atomic E-state index is 0.598. The van der Waals surface area contributed by atoms with Gasteiger partial charge in [-0.05, 0) is 54.8 Å². The van der Waals surface area contributed by atoms with Crippen LogP contribution < -0.4 is 9.64 Å². The number of rotatable bonds is 7. The Morgan fingerprint density at radius 2 is 1.64 bits per heavy atom. The van der Waals surface area contributed by atoms with E-state index in [1.54, 1.807) is 0 Å². The molecular weight excluding hydrogens is 308 g/mol. The molecule has 1 heterocycles. The van der Waals surface area contributed by atoms with Crippen LogP contribution in [0.5, 0.6) is 5.75 Å². The molecular formula is C22H22N2O. The van der Waals surface area contributed by atoms with Gasteiger partial charge in [-0.3, -0.25) is 4.98 Å². The molecule has 126 valence electrons. The molecule has 4 rings (SSSR count). The van der Waals surface area contributed by atoms with Crippen LogP contribution in [0.3, 0.4) is 0 Å². The number of benzene rings is 2. The van der Waals surface area contributed by atoms with Crippen molar-refractivity contribution in [3.05, 3.63) is 90.3 Å². The van der Waals surface area contributed by atoms with E-state index in [4.69, 9.17) is 4.74 Å². The van der Waals surface area contributed by atoms with Gasteiger partial charge in [0.2, 0.25) is 0 Å². The summed E-state index contributed by atoms with van der Waals surface area (Å²) in [6.07, 6.45) is 4.39. The molecule has 0 radical (unpaired) electrons. The summed E-state index contributed by atoms with van der Waals surface area (Å²) in [5.74, 6) is 0.904. The molecule has 0 bridgehead atoms. The number of hydrogen-bond acceptors (Lipinski definition) is 3. The van der Waals surface area contributed by atoms with E-state index in [0.29, 0.717) is 12.6 Å². The fraction of sp³-hybridized carbons (Fsp3) is 0.227. The van der Waals surface area contributed by atoms with E-state index in [9.17, 15) is 0 Å². The molecule has 0 N–H and O–H groups in total. The third kappa shape index (κ3) is 4.18. The average Bonchev–Trinajstić information content (AvgIpc) is 3.52. The van der Waals surface area contributed by atoms with E-state index < -0.39 is 0 Å². The number of anilines is 1. The van der Waals surface area contributed by atoms with E-state index >= 15 is 0 Å². The van der Waals surface area contributed by atoms with Crippen molar-refractivity contribution < 1.29 is 4.74 Å². The van der Waals surface area contributed by atoms with E-state index in [1.807, 2.05) is 36.5 Å². The zero-order valence-electron chi connectivity index (χ0n) is 14.2. The second kappa shape index (κ2) is 7.39. The summed E-state index contributed by atoms with van der Waals surface area (Å²) in [4.78, 5) is 6.92. The molecule has 3 aromatic rings. The van der Waals surface area contributed by atoms with Gasteiger partial charge in [0.25, 0.3) is 0 Å². The smallest absolute Gasteiger partial charge is 0.119 e. The molecule has 25 heavy (non-hydrogen) atoms. The minimum Gasteiger partial charge on any atom is -0.489 e.